The monoisotopic (exact) mass is 252 g/mol. The first-order chi connectivity index (χ1) is 8.17. The smallest absolute Gasteiger partial charge is 0.0897 e. The SMILES string of the molecule is CCC(CC)(CNC1CC1)Cc1csc(C)n1. The van der Waals surface area contributed by atoms with Gasteiger partial charge in [-0.3, -0.25) is 0 Å². The lowest BCUT2D eigenvalue weighted by Crippen LogP contribution is -2.36. The molecule has 0 amide bonds. The van der Waals surface area contributed by atoms with Crippen molar-refractivity contribution in [1.82, 2.24) is 10.3 Å². The van der Waals surface area contributed by atoms with Crippen LogP contribution in [0.3, 0.4) is 0 Å². The summed E-state index contributed by atoms with van der Waals surface area (Å²) in [6.07, 6.45) is 6.35. The highest BCUT2D eigenvalue weighted by molar-refractivity contribution is 7.09. The predicted molar refractivity (Wildman–Crippen MR) is 74.6 cm³/mol. The summed E-state index contributed by atoms with van der Waals surface area (Å²) in [4.78, 5) is 4.62. The Morgan fingerprint density at radius 3 is 2.59 bits per heavy atom. The summed E-state index contributed by atoms with van der Waals surface area (Å²) in [7, 11) is 0. The molecule has 1 fully saturated rings. The van der Waals surface area contributed by atoms with Gasteiger partial charge in [0.25, 0.3) is 0 Å². The van der Waals surface area contributed by atoms with Crippen LogP contribution in [0.5, 0.6) is 0 Å². The van der Waals surface area contributed by atoms with Crippen LogP contribution in [0.25, 0.3) is 0 Å². The van der Waals surface area contributed by atoms with Gasteiger partial charge in [0, 0.05) is 18.0 Å². The van der Waals surface area contributed by atoms with Crippen LogP contribution < -0.4 is 5.32 Å². The first kappa shape index (κ1) is 13.0. The molecule has 17 heavy (non-hydrogen) atoms. The Balaban J connectivity index is 1.98. The van der Waals surface area contributed by atoms with Crippen LogP contribution in [0.4, 0.5) is 0 Å². The van der Waals surface area contributed by atoms with Gasteiger partial charge in [-0.2, -0.15) is 0 Å². The van der Waals surface area contributed by atoms with Crippen molar-refractivity contribution in [3.05, 3.63) is 16.1 Å². The van der Waals surface area contributed by atoms with E-state index in [0.717, 1.165) is 19.0 Å². The molecule has 0 aromatic carbocycles. The number of nitrogens with one attached hydrogen (secondary N) is 1. The van der Waals surface area contributed by atoms with Gasteiger partial charge in [0.05, 0.1) is 10.7 Å². The second kappa shape index (κ2) is 5.49. The van der Waals surface area contributed by atoms with Crippen molar-refractivity contribution in [2.45, 2.75) is 58.9 Å². The summed E-state index contributed by atoms with van der Waals surface area (Å²) < 4.78 is 0. The lowest BCUT2D eigenvalue weighted by Gasteiger charge is -2.31. The Bertz CT molecular complexity index is 351. The highest BCUT2D eigenvalue weighted by atomic mass is 32.1. The van der Waals surface area contributed by atoms with Crippen LogP contribution in [0.1, 0.15) is 50.2 Å². The van der Waals surface area contributed by atoms with E-state index in [1.807, 2.05) is 0 Å². The summed E-state index contributed by atoms with van der Waals surface area (Å²) in [6, 6.07) is 0.810. The lowest BCUT2D eigenvalue weighted by molar-refractivity contribution is 0.243. The Labute approximate surface area is 109 Å². The zero-order chi connectivity index (χ0) is 12.3. The minimum atomic E-state index is 0.406. The van der Waals surface area contributed by atoms with E-state index in [-0.39, 0.29) is 0 Å². The molecule has 0 bridgehead atoms. The van der Waals surface area contributed by atoms with Crippen molar-refractivity contribution < 1.29 is 0 Å². The van der Waals surface area contributed by atoms with E-state index in [0.29, 0.717) is 5.41 Å². The van der Waals surface area contributed by atoms with Gasteiger partial charge in [0.1, 0.15) is 0 Å². The van der Waals surface area contributed by atoms with Gasteiger partial charge in [-0.25, -0.2) is 4.98 Å². The van der Waals surface area contributed by atoms with Gasteiger partial charge in [-0.15, -0.1) is 11.3 Å². The fourth-order valence-corrected chi connectivity index (χ4v) is 2.95. The zero-order valence-corrected chi connectivity index (χ0v) is 12.1. The number of aryl methyl sites for hydroxylation is 1. The summed E-state index contributed by atoms with van der Waals surface area (Å²) in [5, 5.41) is 7.12. The summed E-state index contributed by atoms with van der Waals surface area (Å²) in [6.45, 7) is 7.88. The third-order valence-corrected chi connectivity index (χ3v) is 4.89. The maximum Gasteiger partial charge on any atom is 0.0897 e. The molecule has 1 aromatic rings. The molecular formula is C14H24N2S. The molecule has 1 N–H and O–H groups in total. The second-order valence-electron chi connectivity index (χ2n) is 5.40. The largest absolute Gasteiger partial charge is 0.313 e. The third-order valence-electron chi connectivity index (χ3n) is 4.07. The number of hydrogen-bond acceptors (Lipinski definition) is 3. The molecule has 0 unspecified atom stereocenters. The number of rotatable bonds is 7. The second-order valence-corrected chi connectivity index (χ2v) is 6.46. The number of aromatic nitrogens is 1. The van der Waals surface area contributed by atoms with E-state index < -0.39 is 0 Å². The lowest BCUT2D eigenvalue weighted by atomic mass is 9.78. The number of nitrogens with zero attached hydrogens (tertiary/aromatic N) is 1. The van der Waals surface area contributed by atoms with E-state index in [1.165, 1.54) is 36.4 Å². The van der Waals surface area contributed by atoms with Crippen LogP contribution in [-0.2, 0) is 6.42 Å². The first-order valence-electron chi connectivity index (χ1n) is 6.82. The highest BCUT2D eigenvalue weighted by Crippen LogP contribution is 2.32. The van der Waals surface area contributed by atoms with Gasteiger partial charge in [-0.05, 0) is 44.4 Å². The van der Waals surface area contributed by atoms with Gasteiger partial charge < -0.3 is 5.32 Å². The molecular weight excluding hydrogens is 228 g/mol. The molecule has 1 aliphatic rings. The van der Waals surface area contributed by atoms with Crippen LogP contribution in [-0.4, -0.2) is 17.6 Å². The fourth-order valence-electron chi connectivity index (χ4n) is 2.33. The van der Waals surface area contributed by atoms with Crippen LogP contribution in [0.15, 0.2) is 5.38 Å². The molecule has 0 radical (unpaired) electrons. The van der Waals surface area contributed by atoms with Gasteiger partial charge in [0.15, 0.2) is 0 Å². The molecule has 1 aliphatic carbocycles. The van der Waals surface area contributed by atoms with Crippen molar-refractivity contribution in [3.63, 3.8) is 0 Å². The Hall–Kier alpha value is -0.410. The molecule has 2 rings (SSSR count). The molecule has 1 saturated carbocycles. The van der Waals surface area contributed by atoms with Crippen molar-refractivity contribution in [2.24, 2.45) is 5.41 Å². The topological polar surface area (TPSA) is 24.9 Å². The summed E-state index contributed by atoms with van der Waals surface area (Å²) in [5.41, 5.74) is 1.69. The van der Waals surface area contributed by atoms with Crippen molar-refractivity contribution in [3.8, 4) is 0 Å². The molecule has 1 heterocycles. The van der Waals surface area contributed by atoms with Crippen LogP contribution in [0, 0.1) is 12.3 Å². The van der Waals surface area contributed by atoms with Crippen molar-refractivity contribution in [1.29, 1.82) is 0 Å². The van der Waals surface area contributed by atoms with Crippen LogP contribution in [0.2, 0.25) is 0 Å². The number of hydrogen-bond donors (Lipinski definition) is 1. The average Bonchev–Trinajstić information content (AvgIpc) is 3.08. The first-order valence-corrected chi connectivity index (χ1v) is 7.70. The molecule has 0 atom stereocenters. The Kier molecular flexibility index (Phi) is 4.21. The van der Waals surface area contributed by atoms with E-state index in [1.54, 1.807) is 11.3 Å². The molecule has 0 spiro atoms. The third kappa shape index (κ3) is 3.52. The standard InChI is InChI=1S/C14H24N2S/c1-4-14(5-2,10-15-12-6-7-12)8-13-9-17-11(3)16-13/h9,12,15H,4-8,10H2,1-3H3. The average molecular weight is 252 g/mol. The quantitative estimate of drug-likeness (QED) is 0.802. The van der Waals surface area contributed by atoms with Gasteiger partial charge in [-0.1, -0.05) is 13.8 Å². The summed E-state index contributed by atoms with van der Waals surface area (Å²) >= 11 is 1.77. The van der Waals surface area contributed by atoms with E-state index in [2.05, 4.69) is 36.5 Å². The maximum absolute atomic E-state index is 4.62. The molecule has 2 nitrogen and oxygen atoms in total. The van der Waals surface area contributed by atoms with E-state index in [9.17, 15) is 0 Å². The minimum Gasteiger partial charge on any atom is -0.313 e. The minimum absolute atomic E-state index is 0.406. The zero-order valence-electron chi connectivity index (χ0n) is 11.3. The molecule has 3 heteroatoms. The van der Waals surface area contributed by atoms with Gasteiger partial charge in [0.2, 0.25) is 0 Å². The predicted octanol–water partition coefficient (Wildman–Crippen LogP) is 3.55. The molecule has 0 aliphatic heterocycles. The molecule has 0 saturated heterocycles. The van der Waals surface area contributed by atoms with Crippen molar-refractivity contribution >= 4 is 11.3 Å². The Morgan fingerprint density at radius 1 is 1.41 bits per heavy atom. The normalized spacial score (nSPS) is 16.4. The highest BCUT2D eigenvalue weighted by Gasteiger charge is 2.30. The number of thiazole rings is 1. The fraction of sp³-hybridized carbons (Fsp3) is 0.786. The maximum atomic E-state index is 4.62. The van der Waals surface area contributed by atoms with Crippen LogP contribution >= 0.6 is 11.3 Å². The summed E-state index contributed by atoms with van der Waals surface area (Å²) in [5.74, 6) is 0. The Morgan fingerprint density at radius 2 is 2.12 bits per heavy atom. The molecule has 96 valence electrons. The van der Waals surface area contributed by atoms with Crippen molar-refractivity contribution in [2.75, 3.05) is 6.54 Å². The van der Waals surface area contributed by atoms with E-state index in [4.69, 9.17) is 0 Å². The molecule has 1 aromatic heterocycles. The van der Waals surface area contributed by atoms with Gasteiger partial charge >= 0.3 is 0 Å². The van der Waals surface area contributed by atoms with E-state index >= 15 is 0 Å².